The normalized spacial score (nSPS) is 16.8. The van der Waals surface area contributed by atoms with Crippen LogP contribution in [0.25, 0.3) is 5.57 Å². The van der Waals surface area contributed by atoms with Gasteiger partial charge in [-0.1, -0.05) is 36.4 Å². The lowest BCUT2D eigenvalue weighted by Gasteiger charge is -2.31. The first-order chi connectivity index (χ1) is 17.2. The Morgan fingerprint density at radius 1 is 0.917 bits per heavy atom. The van der Waals surface area contributed by atoms with Crippen molar-refractivity contribution >= 4 is 23.5 Å². The first-order valence-corrected chi connectivity index (χ1v) is 11.5. The number of rotatable bonds is 6. The lowest BCUT2D eigenvalue weighted by Crippen LogP contribution is -2.44. The average molecular weight is 495 g/mol. The maximum atomic E-state index is 11.2. The van der Waals surface area contributed by atoms with Crippen molar-refractivity contribution in [2.45, 2.75) is 13.0 Å². The Bertz CT molecular complexity index is 1150. The Balaban J connectivity index is 0.000000392. The van der Waals surface area contributed by atoms with Crippen molar-refractivity contribution in [2.24, 2.45) is 0 Å². The summed E-state index contributed by atoms with van der Waals surface area (Å²) in [5, 5.41) is 24.8. The summed E-state index contributed by atoms with van der Waals surface area (Å²) >= 11 is 0. The largest absolute Gasteiger partial charge is 0.488 e. The number of ether oxygens (including phenoxy) is 1. The fourth-order valence-electron chi connectivity index (χ4n) is 4.02. The van der Waals surface area contributed by atoms with Gasteiger partial charge in [0.25, 0.3) is 0 Å². The molecule has 9 nitrogen and oxygen atoms in total. The number of carbonyl (C=O) groups is 3. The van der Waals surface area contributed by atoms with Gasteiger partial charge < -0.3 is 25.0 Å². The van der Waals surface area contributed by atoms with Gasteiger partial charge in [0.1, 0.15) is 12.4 Å². The first-order valence-electron chi connectivity index (χ1n) is 11.5. The maximum Gasteiger partial charge on any atom is 0.328 e. The molecule has 0 unspecified atom stereocenters. The molecular weight excluding hydrogens is 464 g/mol. The average Bonchev–Trinajstić information content (AvgIpc) is 2.99. The first kappa shape index (κ1) is 26.7. The summed E-state index contributed by atoms with van der Waals surface area (Å²) < 4.78 is 6.06. The highest BCUT2D eigenvalue weighted by atomic mass is 16.5. The molecule has 2 aromatic carbocycles. The third-order valence-electron chi connectivity index (χ3n) is 5.90. The van der Waals surface area contributed by atoms with E-state index < -0.39 is 17.9 Å². The minimum Gasteiger partial charge on any atom is -0.488 e. The summed E-state index contributed by atoms with van der Waals surface area (Å²) in [6.45, 7) is 5.69. The van der Waals surface area contributed by atoms with Crippen LogP contribution in [0.3, 0.4) is 0 Å². The molecule has 1 saturated heterocycles. The molecule has 2 aliphatic rings. The predicted molar refractivity (Wildman–Crippen MR) is 134 cm³/mol. The molecule has 1 fully saturated rings. The van der Waals surface area contributed by atoms with E-state index in [1.54, 1.807) is 0 Å². The van der Waals surface area contributed by atoms with Crippen LogP contribution in [0, 0.1) is 0 Å². The molecule has 4 rings (SSSR count). The van der Waals surface area contributed by atoms with Gasteiger partial charge in [-0.25, -0.2) is 9.59 Å². The van der Waals surface area contributed by atoms with Crippen molar-refractivity contribution in [3.8, 4) is 5.75 Å². The van der Waals surface area contributed by atoms with Gasteiger partial charge in [0.2, 0.25) is 0 Å². The molecule has 2 heterocycles. The van der Waals surface area contributed by atoms with E-state index in [0.29, 0.717) is 18.8 Å². The molecule has 0 aromatic heterocycles. The second-order valence-electron chi connectivity index (χ2n) is 8.58. The van der Waals surface area contributed by atoms with Crippen LogP contribution >= 0.6 is 0 Å². The van der Waals surface area contributed by atoms with Gasteiger partial charge in [-0.3, -0.25) is 9.69 Å². The minimum atomic E-state index is -1.26. The van der Waals surface area contributed by atoms with Crippen LogP contribution in [-0.4, -0.2) is 82.8 Å². The number of fused-ring (bicyclic) bond motifs is 2. The van der Waals surface area contributed by atoms with Gasteiger partial charge in [-0.2, -0.15) is 0 Å². The number of piperazine rings is 1. The molecular formula is C27H30N2O7. The molecule has 0 aliphatic carbocycles. The van der Waals surface area contributed by atoms with Crippen molar-refractivity contribution in [2.75, 3.05) is 39.8 Å². The molecule has 3 N–H and O–H groups in total. The van der Waals surface area contributed by atoms with Crippen molar-refractivity contribution in [3.05, 3.63) is 82.9 Å². The summed E-state index contributed by atoms with van der Waals surface area (Å²) in [4.78, 5) is 35.1. The molecule has 0 radical (unpaired) electrons. The monoisotopic (exact) mass is 494 g/mol. The summed E-state index contributed by atoms with van der Waals surface area (Å²) in [5.41, 5.74) is 5.23. The number of benzene rings is 2. The molecule has 2 aliphatic heterocycles. The van der Waals surface area contributed by atoms with Crippen LogP contribution in [0.5, 0.6) is 5.75 Å². The van der Waals surface area contributed by atoms with E-state index in [1.165, 1.54) is 5.56 Å². The van der Waals surface area contributed by atoms with Crippen molar-refractivity contribution in [1.29, 1.82) is 0 Å². The smallest absolute Gasteiger partial charge is 0.328 e. The number of hydrogen-bond acceptors (Lipinski definition) is 6. The highest BCUT2D eigenvalue weighted by Gasteiger charge is 2.21. The van der Waals surface area contributed by atoms with Crippen molar-refractivity contribution in [1.82, 2.24) is 9.80 Å². The van der Waals surface area contributed by atoms with Crippen LogP contribution in [0.4, 0.5) is 0 Å². The van der Waals surface area contributed by atoms with E-state index in [1.807, 2.05) is 24.3 Å². The summed E-state index contributed by atoms with van der Waals surface area (Å²) in [7, 11) is 2.16. The van der Waals surface area contributed by atoms with Crippen LogP contribution in [0.15, 0.2) is 60.7 Å². The highest BCUT2D eigenvalue weighted by Crippen LogP contribution is 2.37. The molecule has 36 heavy (non-hydrogen) atoms. The number of nitrogens with zero attached hydrogens (tertiary/aromatic N) is 2. The summed E-state index contributed by atoms with van der Waals surface area (Å²) in [6.07, 6.45) is 3.41. The van der Waals surface area contributed by atoms with Crippen molar-refractivity contribution in [3.63, 3.8) is 0 Å². The molecule has 0 amide bonds. The third kappa shape index (κ3) is 7.79. The van der Waals surface area contributed by atoms with Gasteiger partial charge in [0.15, 0.2) is 0 Å². The predicted octanol–water partition coefficient (Wildman–Crippen LogP) is 2.60. The van der Waals surface area contributed by atoms with Crippen LogP contribution in [0.2, 0.25) is 0 Å². The van der Waals surface area contributed by atoms with E-state index in [2.05, 4.69) is 41.1 Å². The quantitative estimate of drug-likeness (QED) is 0.519. The van der Waals surface area contributed by atoms with E-state index in [9.17, 15) is 19.5 Å². The molecule has 0 atom stereocenters. The van der Waals surface area contributed by atoms with Gasteiger partial charge in [0, 0.05) is 50.4 Å². The number of carboxylic acid groups (broad SMARTS) is 3. The Kier molecular flexibility index (Phi) is 9.38. The maximum absolute atomic E-state index is 11.2. The molecule has 0 bridgehead atoms. The molecule has 0 saturated carbocycles. The van der Waals surface area contributed by atoms with Crippen LogP contribution in [-0.2, 0) is 27.4 Å². The van der Waals surface area contributed by atoms with Gasteiger partial charge in [-0.15, -0.1) is 0 Å². The molecule has 0 spiro atoms. The fourth-order valence-corrected chi connectivity index (χ4v) is 4.02. The standard InChI is InChI=1S/C23H26N2O3.C4H4O4/c1-24-10-12-25(13-11-24)9-8-20-19-5-3-2-4-18(19)16-28-22-7-6-17(14-21(20)22)15-23(26)27;5-3(6)1-2-4(7)8/h2-8,14H,9-13,15-16H2,1H3,(H,26,27);1-2H,(H,5,6)(H,7,8)/b20-8+;2-1+. The SMILES string of the molecule is CN1CCN(C/C=C2\c3ccccc3COc3ccc(CC(=O)O)cc32)CC1.O=C(O)/C=C/C(=O)O. The van der Waals surface area contributed by atoms with E-state index in [-0.39, 0.29) is 6.42 Å². The zero-order chi connectivity index (χ0) is 26.1. The zero-order valence-corrected chi connectivity index (χ0v) is 20.1. The number of likely N-dealkylation sites (N-methyl/N-ethyl adjacent to an activating group) is 1. The van der Waals surface area contributed by atoms with Crippen LogP contribution in [0.1, 0.15) is 22.3 Å². The lowest BCUT2D eigenvalue weighted by molar-refractivity contribution is -0.136. The minimum absolute atomic E-state index is 0.0146. The summed E-state index contributed by atoms with van der Waals surface area (Å²) in [6, 6.07) is 14.0. The van der Waals surface area contributed by atoms with E-state index in [4.69, 9.17) is 14.9 Å². The zero-order valence-electron chi connectivity index (χ0n) is 20.1. The Morgan fingerprint density at radius 3 is 2.22 bits per heavy atom. The van der Waals surface area contributed by atoms with Crippen molar-refractivity contribution < 1.29 is 34.4 Å². The number of hydrogen-bond donors (Lipinski definition) is 3. The highest BCUT2D eigenvalue weighted by molar-refractivity contribution is 5.89. The number of aliphatic carboxylic acids is 3. The van der Waals surface area contributed by atoms with Gasteiger partial charge in [-0.05, 0) is 41.4 Å². The van der Waals surface area contributed by atoms with Gasteiger partial charge in [0.05, 0.1) is 6.42 Å². The topological polar surface area (TPSA) is 128 Å². The Labute approximate surface area is 209 Å². The second kappa shape index (κ2) is 12.7. The fraction of sp³-hybridized carbons (Fsp3) is 0.296. The van der Waals surface area contributed by atoms with Crippen LogP contribution < -0.4 is 4.74 Å². The van der Waals surface area contributed by atoms with Gasteiger partial charge >= 0.3 is 17.9 Å². The molecule has 2 aromatic rings. The molecule has 9 heteroatoms. The number of carboxylic acids is 3. The Hall–Kier alpha value is -3.95. The summed E-state index contributed by atoms with van der Waals surface area (Å²) in [5.74, 6) is -2.52. The van der Waals surface area contributed by atoms with E-state index in [0.717, 1.165) is 60.7 Å². The lowest BCUT2D eigenvalue weighted by atomic mass is 9.92. The van der Waals surface area contributed by atoms with E-state index >= 15 is 0 Å². The Morgan fingerprint density at radius 2 is 1.58 bits per heavy atom. The third-order valence-corrected chi connectivity index (χ3v) is 5.90. The second-order valence-corrected chi connectivity index (χ2v) is 8.58. The molecule has 190 valence electrons.